The number of aromatic nitrogens is 1. The highest BCUT2D eigenvalue weighted by atomic mass is 16.5. The minimum Gasteiger partial charge on any atom is -0.299 e. The summed E-state index contributed by atoms with van der Waals surface area (Å²) in [6.07, 6.45) is 5.40. The maximum absolute atomic E-state index is 11.2. The van der Waals surface area contributed by atoms with Crippen molar-refractivity contribution < 1.29 is 10.0 Å². The van der Waals surface area contributed by atoms with Crippen LogP contribution in [0.4, 0.5) is 0 Å². The molecule has 1 aliphatic rings. The van der Waals surface area contributed by atoms with Crippen LogP contribution in [-0.2, 0) is 6.54 Å². The van der Waals surface area contributed by atoms with E-state index in [1.165, 1.54) is 19.3 Å². The number of rotatable bonds is 3. The zero-order chi connectivity index (χ0) is 12.1. The Bertz CT molecular complexity index is 389. The summed E-state index contributed by atoms with van der Waals surface area (Å²) in [5, 5.41) is 8.55. The Morgan fingerprint density at radius 1 is 1.41 bits per heavy atom. The number of likely N-dealkylation sites (tertiary alicyclic amines) is 1. The predicted molar refractivity (Wildman–Crippen MR) is 62.6 cm³/mol. The van der Waals surface area contributed by atoms with E-state index in [0.717, 1.165) is 25.2 Å². The summed E-state index contributed by atoms with van der Waals surface area (Å²) in [4.78, 5) is 17.5. The maximum Gasteiger partial charge on any atom is 0.293 e. The molecule has 1 aromatic heterocycles. The number of pyridine rings is 1. The van der Waals surface area contributed by atoms with Crippen LogP contribution < -0.4 is 5.48 Å². The van der Waals surface area contributed by atoms with Gasteiger partial charge in [0, 0.05) is 12.7 Å². The fourth-order valence-electron chi connectivity index (χ4n) is 2.13. The summed E-state index contributed by atoms with van der Waals surface area (Å²) in [6, 6.07) is 3.63. The summed E-state index contributed by atoms with van der Waals surface area (Å²) >= 11 is 0. The highest BCUT2D eigenvalue weighted by Gasteiger charge is 2.12. The normalized spacial score (nSPS) is 16.8. The van der Waals surface area contributed by atoms with Gasteiger partial charge in [-0.25, -0.2) is 5.48 Å². The number of hydroxylamine groups is 1. The lowest BCUT2D eigenvalue weighted by Crippen LogP contribution is -2.29. The molecular formula is C12H17N3O2. The molecular weight excluding hydrogens is 218 g/mol. The first kappa shape index (κ1) is 12.0. The van der Waals surface area contributed by atoms with Crippen molar-refractivity contribution in [3.63, 3.8) is 0 Å². The Morgan fingerprint density at radius 3 is 2.88 bits per heavy atom. The molecule has 0 bridgehead atoms. The van der Waals surface area contributed by atoms with Crippen molar-refractivity contribution in [3.8, 4) is 0 Å². The lowest BCUT2D eigenvalue weighted by molar-refractivity contribution is 0.0700. The molecule has 0 unspecified atom stereocenters. The molecule has 0 aliphatic carbocycles. The molecule has 0 spiro atoms. The van der Waals surface area contributed by atoms with Gasteiger partial charge in [-0.05, 0) is 43.6 Å². The average Bonchev–Trinajstić information content (AvgIpc) is 2.39. The van der Waals surface area contributed by atoms with Crippen molar-refractivity contribution >= 4 is 5.91 Å². The van der Waals surface area contributed by atoms with E-state index < -0.39 is 5.91 Å². The van der Waals surface area contributed by atoms with Crippen LogP contribution in [0.15, 0.2) is 18.3 Å². The molecule has 2 heterocycles. The molecule has 1 fully saturated rings. The Morgan fingerprint density at radius 2 is 2.18 bits per heavy atom. The van der Waals surface area contributed by atoms with E-state index >= 15 is 0 Å². The van der Waals surface area contributed by atoms with Gasteiger partial charge in [-0.3, -0.25) is 19.9 Å². The molecule has 1 aliphatic heterocycles. The maximum atomic E-state index is 11.2. The topological polar surface area (TPSA) is 65.5 Å². The van der Waals surface area contributed by atoms with Crippen LogP contribution in [0.5, 0.6) is 0 Å². The molecule has 0 saturated carbocycles. The predicted octanol–water partition coefficient (Wildman–Crippen LogP) is 1.19. The molecule has 17 heavy (non-hydrogen) atoms. The van der Waals surface area contributed by atoms with Crippen LogP contribution >= 0.6 is 0 Å². The molecule has 0 radical (unpaired) electrons. The third kappa shape index (κ3) is 3.25. The van der Waals surface area contributed by atoms with Crippen LogP contribution in [0.2, 0.25) is 0 Å². The van der Waals surface area contributed by atoms with Crippen LogP contribution in [0.3, 0.4) is 0 Å². The first-order valence-corrected chi connectivity index (χ1v) is 5.91. The molecule has 92 valence electrons. The van der Waals surface area contributed by atoms with Gasteiger partial charge in [-0.2, -0.15) is 0 Å². The molecule has 0 aromatic carbocycles. The highest BCUT2D eigenvalue weighted by molar-refractivity contribution is 5.91. The smallest absolute Gasteiger partial charge is 0.293 e. The summed E-state index contributed by atoms with van der Waals surface area (Å²) in [7, 11) is 0. The monoisotopic (exact) mass is 235 g/mol. The summed E-state index contributed by atoms with van der Waals surface area (Å²) in [5.41, 5.74) is 2.90. The molecule has 2 N–H and O–H groups in total. The standard InChI is InChI=1S/C12H17N3O2/c16-12(14-17)11-8-10(4-5-13-11)9-15-6-2-1-3-7-15/h4-5,8,17H,1-3,6-7,9H2,(H,14,16). The van der Waals surface area contributed by atoms with Crippen molar-refractivity contribution in [3.05, 3.63) is 29.6 Å². The van der Waals surface area contributed by atoms with Crippen molar-refractivity contribution in [1.29, 1.82) is 0 Å². The second kappa shape index (κ2) is 5.75. The summed E-state index contributed by atoms with van der Waals surface area (Å²) in [5.74, 6) is -0.564. The molecule has 1 amide bonds. The van der Waals surface area contributed by atoms with Gasteiger partial charge in [-0.1, -0.05) is 6.42 Å². The van der Waals surface area contributed by atoms with Gasteiger partial charge in [0.05, 0.1) is 0 Å². The number of amides is 1. The highest BCUT2D eigenvalue weighted by Crippen LogP contribution is 2.13. The van der Waals surface area contributed by atoms with Crippen molar-refractivity contribution in [2.45, 2.75) is 25.8 Å². The first-order chi connectivity index (χ1) is 8.29. The number of nitrogens with zero attached hydrogens (tertiary/aromatic N) is 2. The Hall–Kier alpha value is -1.46. The van der Waals surface area contributed by atoms with Crippen LogP contribution in [0, 0.1) is 0 Å². The fourth-order valence-corrected chi connectivity index (χ4v) is 2.13. The molecule has 2 rings (SSSR count). The van der Waals surface area contributed by atoms with Gasteiger partial charge in [0.25, 0.3) is 5.91 Å². The van der Waals surface area contributed by atoms with Crippen LogP contribution in [0.25, 0.3) is 0 Å². The number of hydrogen-bond donors (Lipinski definition) is 2. The van der Waals surface area contributed by atoms with E-state index in [-0.39, 0.29) is 5.69 Å². The number of nitrogens with one attached hydrogen (secondary N) is 1. The van der Waals surface area contributed by atoms with Gasteiger partial charge in [0.1, 0.15) is 5.69 Å². The third-order valence-electron chi connectivity index (χ3n) is 3.01. The summed E-state index contributed by atoms with van der Waals surface area (Å²) in [6.45, 7) is 3.07. The lowest BCUT2D eigenvalue weighted by atomic mass is 10.1. The molecule has 5 heteroatoms. The SMILES string of the molecule is O=C(NO)c1cc(CN2CCCCC2)ccn1. The van der Waals surface area contributed by atoms with E-state index in [0.29, 0.717) is 0 Å². The van der Waals surface area contributed by atoms with E-state index in [2.05, 4.69) is 9.88 Å². The second-order valence-electron chi connectivity index (χ2n) is 4.33. The van der Waals surface area contributed by atoms with Gasteiger partial charge >= 0.3 is 0 Å². The van der Waals surface area contributed by atoms with Gasteiger partial charge in [-0.15, -0.1) is 0 Å². The number of piperidine rings is 1. The number of carbonyl (C=O) groups is 1. The van der Waals surface area contributed by atoms with Crippen LogP contribution in [-0.4, -0.2) is 34.1 Å². The van der Waals surface area contributed by atoms with E-state index in [4.69, 9.17) is 5.21 Å². The van der Waals surface area contributed by atoms with Crippen molar-refractivity contribution in [1.82, 2.24) is 15.4 Å². The number of hydrogen-bond acceptors (Lipinski definition) is 4. The van der Waals surface area contributed by atoms with Crippen LogP contribution in [0.1, 0.15) is 35.3 Å². The van der Waals surface area contributed by atoms with E-state index in [1.807, 2.05) is 6.07 Å². The zero-order valence-corrected chi connectivity index (χ0v) is 9.72. The molecule has 0 atom stereocenters. The van der Waals surface area contributed by atoms with Crippen molar-refractivity contribution in [2.24, 2.45) is 0 Å². The summed E-state index contributed by atoms with van der Waals surface area (Å²) < 4.78 is 0. The molecule has 5 nitrogen and oxygen atoms in total. The fraction of sp³-hybridized carbons (Fsp3) is 0.500. The number of carbonyl (C=O) groups excluding carboxylic acids is 1. The lowest BCUT2D eigenvalue weighted by Gasteiger charge is -2.26. The minimum absolute atomic E-state index is 0.252. The quantitative estimate of drug-likeness (QED) is 0.610. The van der Waals surface area contributed by atoms with Gasteiger partial charge in [0.15, 0.2) is 0 Å². The minimum atomic E-state index is -0.564. The first-order valence-electron chi connectivity index (χ1n) is 5.91. The Labute approximate surface area is 100 Å². The molecule has 1 saturated heterocycles. The largest absolute Gasteiger partial charge is 0.299 e. The van der Waals surface area contributed by atoms with E-state index in [1.54, 1.807) is 17.7 Å². The third-order valence-corrected chi connectivity index (χ3v) is 3.01. The average molecular weight is 235 g/mol. The molecule has 1 aromatic rings. The van der Waals surface area contributed by atoms with E-state index in [9.17, 15) is 4.79 Å². The Kier molecular flexibility index (Phi) is 4.06. The van der Waals surface area contributed by atoms with Crippen molar-refractivity contribution in [2.75, 3.05) is 13.1 Å². The van der Waals surface area contributed by atoms with Gasteiger partial charge < -0.3 is 0 Å². The zero-order valence-electron chi connectivity index (χ0n) is 9.72. The Balaban J connectivity index is 2.02. The second-order valence-corrected chi connectivity index (χ2v) is 4.33. The van der Waals surface area contributed by atoms with Gasteiger partial charge in [0.2, 0.25) is 0 Å².